The molecule has 6 heteroatoms. The second-order valence-corrected chi connectivity index (χ2v) is 8.22. The molecule has 23 heavy (non-hydrogen) atoms. The Morgan fingerprint density at radius 2 is 2.13 bits per heavy atom. The molecule has 1 heterocycles. The Labute approximate surface area is 139 Å². The number of rotatable bonds is 6. The van der Waals surface area contributed by atoms with Gasteiger partial charge in [0.1, 0.15) is 10.6 Å². The highest BCUT2D eigenvalue weighted by atomic mass is 32.2. The third kappa shape index (κ3) is 4.46. The van der Waals surface area contributed by atoms with E-state index in [0.29, 0.717) is 18.2 Å². The first-order valence-electron chi connectivity index (χ1n) is 8.11. The molecule has 0 aliphatic carbocycles. The maximum Gasteiger partial charge on any atom is 0.244 e. The van der Waals surface area contributed by atoms with Crippen LogP contribution in [-0.2, 0) is 14.8 Å². The minimum Gasteiger partial charge on any atom is -0.495 e. The summed E-state index contributed by atoms with van der Waals surface area (Å²) in [5.41, 5.74) is 0.882. The van der Waals surface area contributed by atoms with Gasteiger partial charge in [0.15, 0.2) is 0 Å². The summed E-state index contributed by atoms with van der Waals surface area (Å²) in [6, 6.07) is 5.16. The monoisotopic (exact) mass is 341 g/mol. The van der Waals surface area contributed by atoms with E-state index in [-0.39, 0.29) is 16.9 Å². The summed E-state index contributed by atoms with van der Waals surface area (Å²) in [6.45, 7) is 7.24. The van der Waals surface area contributed by atoms with Crippen LogP contribution in [0.4, 0.5) is 0 Å². The zero-order valence-corrected chi connectivity index (χ0v) is 15.2. The van der Waals surface area contributed by atoms with Gasteiger partial charge < -0.3 is 9.47 Å². The standard InChI is InChI=1S/C17H27NO4S/c1-12(2)17-14(6-5-9-22-17)11-18-23(19,20)16-10-13(3)7-8-15(16)21-4/h7-8,10,12,14,17-18H,5-6,9,11H2,1-4H3/t14-,17-/m0/s1. The molecule has 5 nitrogen and oxygen atoms in total. The molecular weight excluding hydrogens is 314 g/mol. The second-order valence-electron chi connectivity index (χ2n) is 6.49. The first-order valence-corrected chi connectivity index (χ1v) is 9.59. The number of nitrogens with one attached hydrogen (secondary N) is 1. The fourth-order valence-electron chi connectivity index (χ4n) is 3.11. The maximum absolute atomic E-state index is 12.7. The molecule has 1 aliphatic rings. The van der Waals surface area contributed by atoms with E-state index in [1.54, 1.807) is 12.1 Å². The average Bonchev–Trinajstić information content (AvgIpc) is 2.53. The van der Waals surface area contributed by atoms with Gasteiger partial charge in [0.2, 0.25) is 10.0 Å². The lowest BCUT2D eigenvalue weighted by atomic mass is 9.88. The van der Waals surface area contributed by atoms with Crippen molar-refractivity contribution in [2.24, 2.45) is 11.8 Å². The van der Waals surface area contributed by atoms with E-state index in [0.717, 1.165) is 25.0 Å². The molecule has 2 rings (SSSR count). The molecule has 0 bridgehead atoms. The summed E-state index contributed by atoms with van der Waals surface area (Å²) >= 11 is 0. The minimum absolute atomic E-state index is 0.103. The summed E-state index contributed by atoms with van der Waals surface area (Å²) in [4.78, 5) is 0.192. The van der Waals surface area contributed by atoms with Crippen LogP contribution in [0.1, 0.15) is 32.3 Å². The van der Waals surface area contributed by atoms with E-state index < -0.39 is 10.0 Å². The summed E-state index contributed by atoms with van der Waals surface area (Å²) in [5.74, 6) is 0.941. The topological polar surface area (TPSA) is 64.6 Å². The van der Waals surface area contributed by atoms with Crippen LogP contribution in [0, 0.1) is 18.8 Å². The van der Waals surface area contributed by atoms with Gasteiger partial charge >= 0.3 is 0 Å². The van der Waals surface area contributed by atoms with Crippen LogP contribution >= 0.6 is 0 Å². The van der Waals surface area contributed by atoms with Crippen molar-refractivity contribution in [3.05, 3.63) is 23.8 Å². The Morgan fingerprint density at radius 1 is 1.39 bits per heavy atom. The van der Waals surface area contributed by atoms with Crippen LogP contribution in [-0.4, -0.2) is 34.8 Å². The van der Waals surface area contributed by atoms with Crippen LogP contribution in [0.2, 0.25) is 0 Å². The largest absolute Gasteiger partial charge is 0.495 e. The first kappa shape index (κ1) is 18.2. The first-order chi connectivity index (χ1) is 10.8. The van der Waals surface area contributed by atoms with Crippen molar-refractivity contribution in [3.8, 4) is 5.75 Å². The molecule has 1 aromatic rings. The predicted molar refractivity (Wildman–Crippen MR) is 90.2 cm³/mol. The third-order valence-corrected chi connectivity index (χ3v) is 5.74. The molecule has 130 valence electrons. The number of benzene rings is 1. The summed E-state index contributed by atoms with van der Waals surface area (Å²) in [7, 11) is -2.12. The molecule has 1 aromatic carbocycles. The fraction of sp³-hybridized carbons (Fsp3) is 0.647. The van der Waals surface area contributed by atoms with Gasteiger partial charge in [0.25, 0.3) is 0 Å². The summed E-state index contributed by atoms with van der Waals surface area (Å²) < 4.78 is 39.1. The smallest absolute Gasteiger partial charge is 0.244 e. The van der Waals surface area contributed by atoms with Crippen molar-refractivity contribution in [1.82, 2.24) is 4.72 Å². The molecule has 1 N–H and O–H groups in total. The van der Waals surface area contributed by atoms with Crippen LogP contribution < -0.4 is 9.46 Å². The number of sulfonamides is 1. The van der Waals surface area contributed by atoms with E-state index in [9.17, 15) is 8.42 Å². The molecule has 0 amide bonds. The van der Waals surface area contributed by atoms with E-state index in [2.05, 4.69) is 18.6 Å². The molecule has 0 radical (unpaired) electrons. The SMILES string of the molecule is COc1ccc(C)cc1S(=O)(=O)NC[C@@H]1CCCO[C@H]1C(C)C. The van der Waals surface area contributed by atoms with Gasteiger partial charge in [-0.1, -0.05) is 19.9 Å². The average molecular weight is 341 g/mol. The Morgan fingerprint density at radius 3 is 2.78 bits per heavy atom. The van der Waals surface area contributed by atoms with E-state index in [1.165, 1.54) is 7.11 Å². The van der Waals surface area contributed by atoms with Gasteiger partial charge in [-0.3, -0.25) is 0 Å². The number of aryl methyl sites for hydroxylation is 1. The Balaban J connectivity index is 2.14. The second kappa shape index (κ2) is 7.64. The van der Waals surface area contributed by atoms with Crippen molar-refractivity contribution >= 4 is 10.0 Å². The van der Waals surface area contributed by atoms with E-state index in [4.69, 9.17) is 9.47 Å². The maximum atomic E-state index is 12.7. The van der Waals surface area contributed by atoms with Gasteiger partial charge in [-0.15, -0.1) is 0 Å². The van der Waals surface area contributed by atoms with Crippen LogP contribution in [0.15, 0.2) is 23.1 Å². The van der Waals surface area contributed by atoms with Gasteiger partial charge in [-0.25, -0.2) is 13.1 Å². The fourth-order valence-corrected chi connectivity index (χ4v) is 4.45. The normalized spacial score (nSPS) is 22.3. The molecule has 0 unspecified atom stereocenters. The van der Waals surface area contributed by atoms with Gasteiger partial charge in [0, 0.05) is 13.2 Å². The molecular formula is C17H27NO4S. The Hall–Kier alpha value is -1.11. The van der Waals surface area contributed by atoms with Crippen LogP contribution in [0.3, 0.4) is 0 Å². The highest BCUT2D eigenvalue weighted by molar-refractivity contribution is 7.89. The lowest BCUT2D eigenvalue weighted by Crippen LogP contribution is -2.41. The van der Waals surface area contributed by atoms with Crippen molar-refractivity contribution in [2.45, 2.75) is 44.6 Å². The number of methoxy groups -OCH3 is 1. The minimum atomic E-state index is -3.60. The van der Waals surface area contributed by atoms with Gasteiger partial charge in [-0.05, 0) is 49.3 Å². The van der Waals surface area contributed by atoms with Crippen molar-refractivity contribution in [3.63, 3.8) is 0 Å². The lowest BCUT2D eigenvalue weighted by molar-refractivity contribution is -0.0502. The molecule has 1 aliphatic heterocycles. The highest BCUT2D eigenvalue weighted by Crippen LogP contribution is 2.28. The van der Waals surface area contributed by atoms with Crippen LogP contribution in [0.5, 0.6) is 5.75 Å². The van der Waals surface area contributed by atoms with Crippen molar-refractivity contribution < 1.29 is 17.9 Å². The van der Waals surface area contributed by atoms with E-state index >= 15 is 0 Å². The molecule has 1 fully saturated rings. The highest BCUT2D eigenvalue weighted by Gasteiger charge is 2.30. The number of hydrogen-bond donors (Lipinski definition) is 1. The molecule has 0 aromatic heterocycles. The van der Waals surface area contributed by atoms with Gasteiger partial charge in [-0.2, -0.15) is 0 Å². The number of ether oxygens (including phenoxy) is 2. The molecule has 0 spiro atoms. The Bertz CT molecular complexity index is 627. The summed E-state index contributed by atoms with van der Waals surface area (Å²) in [6.07, 6.45) is 2.06. The summed E-state index contributed by atoms with van der Waals surface area (Å²) in [5, 5.41) is 0. The van der Waals surface area contributed by atoms with Crippen LogP contribution in [0.25, 0.3) is 0 Å². The molecule has 0 saturated carbocycles. The molecule has 1 saturated heterocycles. The van der Waals surface area contributed by atoms with Crippen molar-refractivity contribution in [2.75, 3.05) is 20.3 Å². The van der Waals surface area contributed by atoms with Gasteiger partial charge in [0.05, 0.1) is 13.2 Å². The lowest BCUT2D eigenvalue weighted by Gasteiger charge is -2.34. The quantitative estimate of drug-likeness (QED) is 0.864. The van der Waals surface area contributed by atoms with Crippen molar-refractivity contribution in [1.29, 1.82) is 0 Å². The third-order valence-electron chi connectivity index (χ3n) is 4.30. The van der Waals surface area contributed by atoms with E-state index in [1.807, 2.05) is 13.0 Å². The Kier molecular flexibility index (Phi) is 6.06. The number of hydrogen-bond acceptors (Lipinski definition) is 4. The zero-order valence-electron chi connectivity index (χ0n) is 14.3. The predicted octanol–water partition coefficient (Wildman–Crippen LogP) is 2.73. The zero-order chi connectivity index (χ0) is 17.0. The molecule has 2 atom stereocenters.